The van der Waals surface area contributed by atoms with E-state index < -0.39 is 12.0 Å². The van der Waals surface area contributed by atoms with Crippen molar-refractivity contribution in [3.8, 4) is 5.69 Å². The van der Waals surface area contributed by atoms with Crippen molar-refractivity contribution in [2.45, 2.75) is 47.6 Å². The van der Waals surface area contributed by atoms with Crippen molar-refractivity contribution in [2.24, 2.45) is 4.99 Å². The number of carbonyl (C=O) groups excluding carboxylic acids is 2. The molecule has 0 fully saturated rings. The maximum Gasteiger partial charge on any atom is 0.338 e. The van der Waals surface area contributed by atoms with Crippen LogP contribution in [0.4, 0.5) is 0 Å². The fourth-order valence-corrected chi connectivity index (χ4v) is 6.21. The second-order valence-corrected chi connectivity index (χ2v) is 11.0. The second kappa shape index (κ2) is 10.7. The molecular formula is C32H31N3O4S. The van der Waals surface area contributed by atoms with Crippen LogP contribution in [0.1, 0.15) is 65.2 Å². The van der Waals surface area contributed by atoms with E-state index in [0.29, 0.717) is 26.2 Å². The number of benzene rings is 2. The van der Waals surface area contributed by atoms with E-state index in [0.717, 1.165) is 33.8 Å². The van der Waals surface area contributed by atoms with E-state index >= 15 is 0 Å². The highest BCUT2D eigenvalue weighted by Crippen LogP contribution is 2.31. The molecule has 2 aromatic carbocycles. The molecule has 0 saturated carbocycles. The summed E-state index contributed by atoms with van der Waals surface area (Å²) < 4.78 is 9.62. The van der Waals surface area contributed by atoms with E-state index in [9.17, 15) is 14.4 Å². The molecule has 7 nitrogen and oxygen atoms in total. The lowest BCUT2D eigenvalue weighted by Crippen LogP contribution is -2.39. The number of ketones is 1. The number of aryl methyl sites for hydroxylation is 2. The van der Waals surface area contributed by atoms with Gasteiger partial charge in [-0.15, -0.1) is 0 Å². The van der Waals surface area contributed by atoms with E-state index in [1.807, 2.05) is 81.4 Å². The summed E-state index contributed by atoms with van der Waals surface area (Å²) in [5.74, 6) is -0.447. The van der Waals surface area contributed by atoms with Gasteiger partial charge in [-0.1, -0.05) is 41.2 Å². The maximum absolute atomic E-state index is 13.9. The Labute approximate surface area is 236 Å². The summed E-state index contributed by atoms with van der Waals surface area (Å²) in [5.41, 5.74) is 7.10. The lowest BCUT2D eigenvalue weighted by Gasteiger charge is -2.24. The summed E-state index contributed by atoms with van der Waals surface area (Å²) in [6.07, 6.45) is 1.89. The van der Waals surface area contributed by atoms with Gasteiger partial charge in [0.05, 0.1) is 28.5 Å². The molecule has 1 atom stereocenters. The zero-order valence-electron chi connectivity index (χ0n) is 23.4. The van der Waals surface area contributed by atoms with Crippen molar-refractivity contribution in [1.82, 2.24) is 9.13 Å². The fraction of sp³-hybridized carbons (Fsp3) is 0.250. The van der Waals surface area contributed by atoms with E-state index in [1.54, 1.807) is 25.3 Å². The Morgan fingerprint density at radius 1 is 1.02 bits per heavy atom. The molecule has 40 heavy (non-hydrogen) atoms. The third-order valence-electron chi connectivity index (χ3n) is 7.20. The minimum Gasteiger partial charge on any atom is -0.463 e. The maximum atomic E-state index is 13.9. The molecule has 0 amide bonds. The third kappa shape index (κ3) is 4.79. The summed E-state index contributed by atoms with van der Waals surface area (Å²) in [4.78, 5) is 43.9. The minimum absolute atomic E-state index is 0.0221. The van der Waals surface area contributed by atoms with E-state index in [4.69, 9.17) is 4.74 Å². The predicted molar refractivity (Wildman–Crippen MR) is 157 cm³/mol. The van der Waals surface area contributed by atoms with Gasteiger partial charge in [-0.2, -0.15) is 0 Å². The Morgan fingerprint density at radius 3 is 2.33 bits per heavy atom. The van der Waals surface area contributed by atoms with Crippen molar-refractivity contribution in [3.05, 3.63) is 119 Å². The topological polar surface area (TPSA) is 82.7 Å². The average Bonchev–Trinajstić information content (AvgIpc) is 3.37. The summed E-state index contributed by atoms with van der Waals surface area (Å²) in [6.45, 7) is 11.3. The lowest BCUT2D eigenvalue weighted by molar-refractivity contribution is -0.139. The van der Waals surface area contributed by atoms with Crippen LogP contribution < -0.4 is 14.9 Å². The van der Waals surface area contributed by atoms with Crippen molar-refractivity contribution < 1.29 is 14.3 Å². The van der Waals surface area contributed by atoms with Crippen LogP contribution in [-0.4, -0.2) is 27.5 Å². The standard InChI is InChI=1S/C32H31N3O4S/c1-7-39-31(38)28-20(4)33-32-35(29(28)24-10-8-18(2)9-11-24)30(37)27(40-32)17-25-16-19(3)34(21(25)5)26-14-12-23(13-15-26)22(6)36/h8-17,29H,7H2,1-6H3/b27-17+/t29-/m0/s1. The number of hydrogen-bond donors (Lipinski definition) is 0. The predicted octanol–water partition coefficient (Wildman–Crippen LogP) is 4.72. The van der Waals surface area contributed by atoms with Gasteiger partial charge in [-0.05, 0) is 89.1 Å². The molecule has 5 rings (SSSR count). The highest BCUT2D eigenvalue weighted by Gasteiger charge is 2.33. The van der Waals surface area contributed by atoms with E-state index in [1.165, 1.54) is 11.3 Å². The Morgan fingerprint density at radius 2 is 1.70 bits per heavy atom. The number of esters is 1. The van der Waals surface area contributed by atoms with Crippen molar-refractivity contribution in [3.63, 3.8) is 0 Å². The van der Waals surface area contributed by atoms with Crippen LogP contribution >= 0.6 is 11.3 Å². The Balaban J connectivity index is 1.66. The van der Waals surface area contributed by atoms with Crippen LogP contribution in [0, 0.1) is 20.8 Å². The molecule has 1 aliphatic rings. The molecule has 0 unspecified atom stereocenters. The average molecular weight is 554 g/mol. The van der Waals surface area contributed by atoms with Gasteiger partial charge in [0.2, 0.25) is 0 Å². The van der Waals surface area contributed by atoms with Gasteiger partial charge in [-0.3, -0.25) is 14.2 Å². The molecule has 2 aromatic heterocycles. The first-order valence-electron chi connectivity index (χ1n) is 13.2. The normalized spacial score (nSPS) is 15.2. The molecule has 8 heteroatoms. The highest BCUT2D eigenvalue weighted by molar-refractivity contribution is 7.07. The summed E-state index contributed by atoms with van der Waals surface area (Å²) >= 11 is 1.31. The molecule has 1 aliphatic heterocycles. The Hall–Kier alpha value is -4.30. The summed E-state index contributed by atoms with van der Waals surface area (Å²) in [6, 6.07) is 16.7. The van der Waals surface area contributed by atoms with Gasteiger partial charge >= 0.3 is 5.97 Å². The van der Waals surface area contributed by atoms with Gasteiger partial charge in [0, 0.05) is 22.6 Å². The van der Waals surface area contributed by atoms with Crippen LogP contribution in [0.25, 0.3) is 11.8 Å². The molecule has 0 N–H and O–H groups in total. The zero-order chi connectivity index (χ0) is 28.7. The monoisotopic (exact) mass is 553 g/mol. The second-order valence-electron chi connectivity index (χ2n) is 9.98. The molecule has 3 heterocycles. The number of carbonyl (C=O) groups is 2. The number of nitrogens with zero attached hydrogens (tertiary/aromatic N) is 3. The molecular weight excluding hydrogens is 522 g/mol. The van der Waals surface area contributed by atoms with Crippen molar-refractivity contribution in [2.75, 3.05) is 6.61 Å². The fourth-order valence-electron chi connectivity index (χ4n) is 5.17. The molecule has 0 bridgehead atoms. The zero-order valence-corrected chi connectivity index (χ0v) is 24.3. The van der Waals surface area contributed by atoms with Crippen LogP contribution in [0.2, 0.25) is 0 Å². The van der Waals surface area contributed by atoms with Crippen LogP contribution in [0.15, 0.2) is 75.7 Å². The smallest absolute Gasteiger partial charge is 0.338 e. The number of allylic oxidation sites excluding steroid dienone is 1. The molecule has 0 spiro atoms. The number of ether oxygens (including phenoxy) is 1. The molecule has 4 aromatic rings. The Bertz CT molecular complexity index is 1850. The molecule has 0 radical (unpaired) electrons. The SMILES string of the molecule is CCOC(=O)C1=C(C)N=c2s/c(=C/c3cc(C)n(-c4ccc(C(C)=O)cc4)c3C)c(=O)n2[C@H]1c1ccc(C)cc1. The minimum atomic E-state index is -0.634. The van der Waals surface area contributed by atoms with Gasteiger partial charge in [0.25, 0.3) is 5.56 Å². The van der Waals surface area contributed by atoms with E-state index in [2.05, 4.69) is 9.56 Å². The Kier molecular flexibility index (Phi) is 7.29. The molecule has 0 saturated heterocycles. The molecule has 0 aliphatic carbocycles. The first-order chi connectivity index (χ1) is 19.1. The first kappa shape index (κ1) is 27.3. The number of rotatable bonds is 6. The quantitative estimate of drug-likeness (QED) is 0.256. The van der Waals surface area contributed by atoms with Gasteiger partial charge in [0.1, 0.15) is 0 Å². The highest BCUT2D eigenvalue weighted by atomic mass is 32.1. The number of hydrogen-bond acceptors (Lipinski definition) is 6. The molecule has 204 valence electrons. The number of fused-ring (bicyclic) bond motifs is 1. The van der Waals surface area contributed by atoms with Crippen molar-refractivity contribution in [1.29, 1.82) is 0 Å². The van der Waals surface area contributed by atoms with E-state index in [-0.39, 0.29) is 17.9 Å². The largest absolute Gasteiger partial charge is 0.463 e. The summed E-state index contributed by atoms with van der Waals surface area (Å²) in [5, 5.41) is 0. The van der Waals surface area contributed by atoms with Crippen LogP contribution in [-0.2, 0) is 9.53 Å². The van der Waals surface area contributed by atoms with Gasteiger partial charge in [-0.25, -0.2) is 9.79 Å². The van der Waals surface area contributed by atoms with Crippen LogP contribution in [0.3, 0.4) is 0 Å². The number of aromatic nitrogens is 2. The summed E-state index contributed by atoms with van der Waals surface area (Å²) in [7, 11) is 0. The third-order valence-corrected chi connectivity index (χ3v) is 8.18. The lowest BCUT2D eigenvalue weighted by atomic mass is 9.95. The number of Topliss-reactive ketones (excluding diaryl/α,β-unsaturated/α-hetero) is 1. The van der Waals surface area contributed by atoms with Crippen LogP contribution in [0.5, 0.6) is 0 Å². The van der Waals surface area contributed by atoms with Gasteiger partial charge in [0.15, 0.2) is 10.6 Å². The number of thiazole rings is 1. The first-order valence-corrected chi connectivity index (χ1v) is 14.0. The van der Waals surface area contributed by atoms with Crippen molar-refractivity contribution >= 4 is 29.2 Å². The van der Waals surface area contributed by atoms with Gasteiger partial charge < -0.3 is 9.30 Å².